The first-order chi connectivity index (χ1) is 15.3. The lowest BCUT2D eigenvalue weighted by Gasteiger charge is -2.31. The molecule has 7 nitrogen and oxygen atoms in total. The maximum atomic E-state index is 13.3. The van der Waals surface area contributed by atoms with E-state index in [9.17, 15) is 19.2 Å². The molecule has 1 saturated heterocycles. The standard InChI is InChI=1S/C25H33N3O4/c1-4-21(23(30)26-17(2)3)28(16-18-10-6-5-7-11-18)22(29)14-15-27-24(31)19-12-8-9-13-20(19)25(27)32/h5-11,17,19-21H,4,12-16H2,1-3H3,(H,26,30)/t19-,20+,21-/m1/s1. The molecule has 1 aromatic rings. The van der Waals surface area contributed by atoms with Crippen LogP contribution in [0.4, 0.5) is 0 Å². The number of hydrogen-bond donors (Lipinski definition) is 1. The molecule has 1 aliphatic heterocycles. The third-order valence-corrected chi connectivity index (χ3v) is 6.16. The van der Waals surface area contributed by atoms with Crippen molar-refractivity contribution >= 4 is 23.6 Å². The molecule has 0 aromatic heterocycles. The SMILES string of the molecule is CC[C@H](C(=O)NC(C)C)N(Cc1ccccc1)C(=O)CCN1C(=O)[C@H]2CC=CC[C@H]2C1=O. The Bertz CT molecular complexity index is 854. The first-order valence-electron chi connectivity index (χ1n) is 11.5. The van der Waals surface area contributed by atoms with Gasteiger partial charge in [0.15, 0.2) is 0 Å². The fourth-order valence-corrected chi connectivity index (χ4v) is 4.52. The molecule has 1 aromatic carbocycles. The zero-order valence-corrected chi connectivity index (χ0v) is 19.1. The smallest absolute Gasteiger partial charge is 0.243 e. The van der Waals surface area contributed by atoms with Crippen LogP contribution < -0.4 is 5.32 Å². The van der Waals surface area contributed by atoms with Gasteiger partial charge in [0.25, 0.3) is 0 Å². The molecule has 3 atom stereocenters. The fraction of sp³-hybridized carbons (Fsp3) is 0.520. The lowest BCUT2D eigenvalue weighted by Crippen LogP contribution is -2.51. The van der Waals surface area contributed by atoms with E-state index in [1.54, 1.807) is 4.90 Å². The highest BCUT2D eigenvalue weighted by molar-refractivity contribution is 6.05. The van der Waals surface area contributed by atoms with Crippen molar-refractivity contribution in [1.82, 2.24) is 15.1 Å². The Kier molecular flexibility index (Phi) is 7.83. The monoisotopic (exact) mass is 439 g/mol. The second-order valence-electron chi connectivity index (χ2n) is 8.83. The Morgan fingerprint density at radius 3 is 2.19 bits per heavy atom. The van der Waals surface area contributed by atoms with Gasteiger partial charge in [0, 0.05) is 25.6 Å². The number of nitrogens with zero attached hydrogens (tertiary/aromatic N) is 2. The summed E-state index contributed by atoms with van der Waals surface area (Å²) >= 11 is 0. The lowest BCUT2D eigenvalue weighted by molar-refractivity contribution is -0.144. The largest absolute Gasteiger partial charge is 0.352 e. The number of rotatable bonds is 9. The number of carbonyl (C=O) groups is 4. The van der Waals surface area contributed by atoms with E-state index < -0.39 is 6.04 Å². The number of imide groups is 1. The van der Waals surface area contributed by atoms with Crippen molar-refractivity contribution in [3.05, 3.63) is 48.0 Å². The Morgan fingerprint density at radius 1 is 1.06 bits per heavy atom. The number of amides is 4. The van der Waals surface area contributed by atoms with Gasteiger partial charge < -0.3 is 10.2 Å². The molecular weight excluding hydrogens is 406 g/mol. The summed E-state index contributed by atoms with van der Waals surface area (Å²) < 4.78 is 0. The van der Waals surface area contributed by atoms with Crippen molar-refractivity contribution in [2.45, 2.75) is 65.1 Å². The van der Waals surface area contributed by atoms with Gasteiger partial charge in [-0.25, -0.2) is 0 Å². The summed E-state index contributed by atoms with van der Waals surface area (Å²) in [6.45, 7) is 5.98. The van der Waals surface area contributed by atoms with E-state index in [1.807, 2.05) is 63.3 Å². The number of fused-ring (bicyclic) bond motifs is 1. The molecule has 32 heavy (non-hydrogen) atoms. The van der Waals surface area contributed by atoms with Crippen LogP contribution in [0.1, 0.15) is 52.0 Å². The predicted octanol–water partition coefficient (Wildman–Crippen LogP) is 2.66. The molecule has 0 radical (unpaired) electrons. The van der Waals surface area contributed by atoms with Gasteiger partial charge >= 0.3 is 0 Å². The van der Waals surface area contributed by atoms with E-state index in [0.29, 0.717) is 25.8 Å². The normalized spacial score (nSPS) is 20.9. The van der Waals surface area contributed by atoms with Gasteiger partial charge in [-0.05, 0) is 38.7 Å². The van der Waals surface area contributed by atoms with Gasteiger partial charge in [-0.2, -0.15) is 0 Å². The average molecular weight is 440 g/mol. The van der Waals surface area contributed by atoms with E-state index in [4.69, 9.17) is 0 Å². The van der Waals surface area contributed by atoms with Crippen LogP contribution in [0.5, 0.6) is 0 Å². The van der Waals surface area contributed by atoms with Gasteiger partial charge in [-0.15, -0.1) is 0 Å². The third kappa shape index (κ3) is 5.26. The molecule has 1 heterocycles. The molecule has 2 aliphatic rings. The van der Waals surface area contributed by atoms with Crippen LogP contribution in [0.25, 0.3) is 0 Å². The van der Waals surface area contributed by atoms with Gasteiger partial charge in [-0.3, -0.25) is 24.1 Å². The number of benzene rings is 1. The molecule has 0 spiro atoms. The first kappa shape index (κ1) is 23.7. The fourth-order valence-electron chi connectivity index (χ4n) is 4.52. The minimum absolute atomic E-state index is 0.00262. The molecule has 7 heteroatoms. The third-order valence-electron chi connectivity index (χ3n) is 6.16. The van der Waals surface area contributed by atoms with E-state index in [1.165, 1.54) is 4.90 Å². The maximum Gasteiger partial charge on any atom is 0.243 e. The Morgan fingerprint density at radius 2 is 1.66 bits per heavy atom. The quantitative estimate of drug-likeness (QED) is 0.473. The van der Waals surface area contributed by atoms with Crippen LogP contribution in [0.15, 0.2) is 42.5 Å². The summed E-state index contributed by atoms with van der Waals surface area (Å²) in [6.07, 6.45) is 5.51. The van der Waals surface area contributed by atoms with Crippen molar-refractivity contribution in [1.29, 1.82) is 0 Å². The van der Waals surface area contributed by atoms with Crippen molar-refractivity contribution < 1.29 is 19.2 Å². The molecule has 0 unspecified atom stereocenters. The summed E-state index contributed by atoms with van der Waals surface area (Å²) in [5, 5.41) is 2.90. The van der Waals surface area contributed by atoms with E-state index in [2.05, 4.69) is 5.32 Å². The second kappa shape index (κ2) is 10.6. The van der Waals surface area contributed by atoms with Gasteiger partial charge in [0.05, 0.1) is 11.8 Å². The van der Waals surface area contributed by atoms with E-state index >= 15 is 0 Å². The Labute approximate surface area is 189 Å². The first-order valence-corrected chi connectivity index (χ1v) is 11.5. The molecule has 1 fully saturated rings. The topological polar surface area (TPSA) is 86.8 Å². The Hall–Kier alpha value is -2.96. The van der Waals surface area contributed by atoms with Crippen LogP contribution in [0, 0.1) is 11.8 Å². The van der Waals surface area contributed by atoms with Crippen LogP contribution in [-0.2, 0) is 25.7 Å². The highest BCUT2D eigenvalue weighted by Crippen LogP contribution is 2.35. The molecular formula is C25H33N3O4. The number of carbonyl (C=O) groups excluding carboxylic acids is 4. The summed E-state index contributed by atoms with van der Waals surface area (Å²) in [7, 11) is 0. The molecule has 1 N–H and O–H groups in total. The van der Waals surface area contributed by atoms with Crippen LogP contribution in [0.2, 0.25) is 0 Å². The number of allylic oxidation sites excluding steroid dienone is 2. The molecule has 172 valence electrons. The van der Waals surface area contributed by atoms with Crippen molar-refractivity contribution in [3.63, 3.8) is 0 Å². The van der Waals surface area contributed by atoms with Gasteiger partial charge in [0.2, 0.25) is 23.6 Å². The molecule has 0 bridgehead atoms. The summed E-state index contributed by atoms with van der Waals surface area (Å²) in [4.78, 5) is 54.4. The van der Waals surface area contributed by atoms with Crippen LogP contribution >= 0.6 is 0 Å². The molecule has 0 saturated carbocycles. The van der Waals surface area contributed by atoms with Crippen molar-refractivity contribution in [2.24, 2.45) is 11.8 Å². The summed E-state index contributed by atoms with van der Waals surface area (Å²) in [6, 6.07) is 8.85. The maximum absolute atomic E-state index is 13.3. The highest BCUT2D eigenvalue weighted by Gasteiger charge is 2.47. The number of likely N-dealkylation sites (tertiary alicyclic amines) is 1. The molecule has 4 amide bonds. The van der Waals surface area contributed by atoms with Crippen LogP contribution in [-0.4, -0.2) is 52.1 Å². The highest BCUT2D eigenvalue weighted by atomic mass is 16.2. The minimum Gasteiger partial charge on any atom is -0.352 e. The molecule has 1 aliphatic carbocycles. The molecule has 3 rings (SSSR count). The van der Waals surface area contributed by atoms with Crippen molar-refractivity contribution in [3.8, 4) is 0 Å². The second-order valence-corrected chi connectivity index (χ2v) is 8.83. The average Bonchev–Trinajstić information content (AvgIpc) is 3.02. The number of nitrogens with one attached hydrogen (secondary N) is 1. The zero-order valence-electron chi connectivity index (χ0n) is 19.1. The van der Waals surface area contributed by atoms with Crippen molar-refractivity contribution in [2.75, 3.05) is 6.54 Å². The minimum atomic E-state index is -0.623. The summed E-state index contributed by atoms with van der Waals surface area (Å²) in [5.74, 6) is -1.41. The van der Waals surface area contributed by atoms with Gasteiger partial charge in [0.1, 0.15) is 6.04 Å². The van der Waals surface area contributed by atoms with E-state index in [0.717, 1.165) is 5.56 Å². The van der Waals surface area contributed by atoms with Gasteiger partial charge in [-0.1, -0.05) is 49.4 Å². The number of hydrogen-bond acceptors (Lipinski definition) is 4. The lowest BCUT2D eigenvalue weighted by atomic mass is 9.85. The van der Waals surface area contributed by atoms with E-state index in [-0.39, 0.29) is 54.5 Å². The van der Waals surface area contributed by atoms with Crippen LogP contribution in [0.3, 0.4) is 0 Å². The summed E-state index contributed by atoms with van der Waals surface area (Å²) in [5.41, 5.74) is 0.919. The predicted molar refractivity (Wildman–Crippen MR) is 121 cm³/mol. The zero-order chi connectivity index (χ0) is 23.3. The Balaban J connectivity index is 1.73.